The van der Waals surface area contributed by atoms with Crippen LogP contribution in [0.25, 0.3) is 0 Å². The van der Waals surface area contributed by atoms with Gasteiger partial charge in [0, 0.05) is 17.7 Å². The number of rotatable bonds is 2. The Kier molecular flexibility index (Phi) is 3.29. The molecule has 106 valence electrons. The molecule has 0 spiro atoms. The highest BCUT2D eigenvalue weighted by Crippen LogP contribution is 2.25. The number of hydrogen-bond acceptors (Lipinski definition) is 2. The SMILES string of the molecule is Cc1cccc(C(=O)c2ccc3c(c2)CCC(=O)N3)c1F. The zero-order valence-electron chi connectivity index (χ0n) is 11.6. The molecule has 1 aliphatic heterocycles. The lowest BCUT2D eigenvalue weighted by molar-refractivity contribution is -0.116. The number of halogens is 1. The summed E-state index contributed by atoms with van der Waals surface area (Å²) in [5.74, 6) is -0.837. The molecule has 1 amide bonds. The topological polar surface area (TPSA) is 46.2 Å². The van der Waals surface area contributed by atoms with Crippen LogP contribution < -0.4 is 5.32 Å². The van der Waals surface area contributed by atoms with Gasteiger partial charge >= 0.3 is 0 Å². The largest absolute Gasteiger partial charge is 0.326 e. The number of carbonyl (C=O) groups is 2. The van der Waals surface area contributed by atoms with Crippen molar-refractivity contribution in [2.75, 3.05) is 5.32 Å². The minimum absolute atomic E-state index is 0.0219. The zero-order chi connectivity index (χ0) is 15.0. The van der Waals surface area contributed by atoms with Gasteiger partial charge in [-0.15, -0.1) is 0 Å². The monoisotopic (exact) mass is 283 g/mol. The second-order valence-electron chi connectivity index (χ2n) is 5.19. The lowest BCUT2D eigenvalue weighted by Crippen LogP contribution is -2.19. The Hall–Kier alpha value is -2.49. The predicted molar refractivity (Wildman–Crippen MR) is 78.0 cm³/mol. The van der Waals surface area contributed by atoms with Crippen molar-refractivity contribution in [2.24, 2.45) is 0 Å². The lowest BCUT2D eigenvalue weighted by Gasteiger charge is -2.17. The Bertz CT molecular complexity index is 752. The van der Waals surface area contributed by atoms with Crippen molar-refractivity contribution in [3.05, 3.63) is 64.5 Å². The van der Waals surface area contributed by atoms with Crippen molar-refractivity contribution in [2.45, 2.75) is 19.8 Å². The van der Waals surface area contributed by atoms with Crippen LogP contribution >= 0.6 is 0 Å². The van der Waals surface area contributed by atoms with E-state index in [1.54, 1.807) is 37.3 Å². The number of fused-ring (bicyclic) bond motifs is 1. The van der Waals surface area contributed by atoms with Crippen LogP contribution in [0, 0.1) is 12.7 Å². The Balaban J connectivity index is 1.99. The number of benzene rings is 2. The number of hydrogen-bond donors (Lipinski definition) is 1. The fraction of sp³-hybridized carbons (Fsp3) is 0.176. The first-order valence-corrected chi connectivity index (χ1v) is 6.79. The smallest absolute Gasteiger partial charge is 0.224 e. The molecule has 21 heavy (non-hydrogen) atoms. The maximum absolute atomic E-state index is 14.1. The van der Waals surface area contributed by atoms with E-state index in [9.17, 15) is 14.0 Å². The molecule has 0 radical (unpaired) electrons. The number of ketones is 1. The van der Waals surface area contributed by atoms with Gasteiger partial charge in [0.25, 0.3) is 0 Å². The van der Waals surface area contributed by atoms with E-state index in [-0.39, 0.29) is 17.3 Å². The van der Waals surface area contributed by atoms with Crippen LogP contribution in [-0.4, -0.2) is 11.7 Å². The fourth-order valence-corrected chi connectivity index (χ4v) is 2.50. The van der Waals surface area contributed by atoms with Gasteiger partial charge in [0.1, 0.15) is 5.82 Å². The number of aryl methyl sites for hydroxylation is 2. The summed E-state index contributed by atoms with van der Waals surface area (Å²) in [7, 11) is 0. The molecule has 3 nitrogen and oxygen atoms in total. The van der Waals surface area contributed by atoms with Gasteiger partial charge in [0.05, 0.1) is 5.56 Å². The van der Waals surface area contributed by atoms with E-state index in [0.717, 1.165) is 11.3 Å². The quantitative estimate of drug-likeness (QED) is 0.860. The second kappa shape index (κ2) is 5.13. The molecular weight excluding hydrogens is 269 g/mol. The van der Waals surface area contributed by atoms with Crippen molar-refractivity contribution >= 4 is 17.4 Å². The summed E-state index contributed by atoms with van der Waals surface area (Å²) < 4.78 is 14.1. The molecule has 2 aromatic carbocycles. The molecule has 1 N–H and O–H groups in total. The van der Waals surface area contributed by atoms with Gasteiger partial charge in [-0.1, -0.05) is 12.1 Å². The molecule has 3 rings (SSSR count). The summed E-state index contributed by atoms with van der Waals surface area (Å²) in [5, 5.41) is 2.76. The number of anilines is 1. The van der Waals surface area contributed by atoms with Gasteiger partial charge in [-0.2, -0.15) is 0 Å². The number of nitrogens with one attached hydrogen (secondary N) is 1. The molecule has 0 bridgehead atoms. The predicted octanol–water partition coefficient (Wildman–Crippen LogP) is 3.25. The van der Waals surface area contributed by atoms with Gasteiger partial charge in [0.2, 0.25) is 5.91 Å². The molecule has 0 saturated carbocycles. The standard InChI is InChI=1S/C17H14FNO2/c1-10-3-2-4-13(16(10)18)17(21)12-5-7-14-11(9-12)6-8-15(20)19-14/h2-5,7,9H,6,8H2,1H3,(H,19,20). The highest BCUT2D eigenvalue weighted by Gasteiger charge is 2.19. The molecule has 0 fully saturated rings. The molecule has 4 heteroatoms. The summed E-state index contributed by atoms with van der Waals surface area (Å²) in [6.07, 6.45) is 1.00. The summed E-state index contributed by atoms with van der Waals surface area (Å²) >= 11 is 0. The maximum atomic E-state index is 14.1. The van der Waals surface area contributed by atoms with Crippen molar-refractivity contribution in [1.82, 2.24) is 0 Å². The first-order valence-electron chi connectivity index (χ1n) is 6.79. The summed E-state index contributed by atoms with van der Waals surface area (Å²) in [6.45, 7) is 1.63. The Morgan fingerprint density at radius 3 is 2.81 bits per heavy atom. The van der Waals surface area contributed by atoms with Gasteiger partial charge < -0.3 is 5.32 Å². The Labute approximate surface area is 121 Å². The first kappa shape index (κ1) is 13.5. The number of amides is 1. The lowest BCUT2D eigenvalue weighted by atomic mass is 9.95. The first-order chi connectivity index (χ1) is 10.1. The molecule has 0 aromatic heterocycles. The van der Waals surface area contributed by atoms with E-state index in [2.05, 4.69) is 5.32 Å². The summed E-state index contributed by atoms with van der Waals surface area (Å²) in [6, 6.07) is 9.85. The van der Waals surface area contributed by atoms with Crippen molar-refractivity contribution in [1.29, 1.82) is 0 Å². The van der Waals surface area contributed by atoms with Crippen molar-refractivity contribution in [3.8, 4) is 0 Å². The fourth-order valence-electron chi connectivity index (χ4n) is 2.50. The van der Waals surface area contributed by atoms with Gasteiger partial charge in [-0.3, -0.25) is 9.59 Å². The van der Waals surface area contributed by atoms with Crippen LogP contribution in [0.4, 0.5) is 10.1 Å². The minimum Gasteiger partial charge on any atom is -0.326 e. The minimum atomic E-state index is -0.478. The van der Waals surface area contributed by atoms with Crippen LogP contribution in [0.3, 0.4) is 0 Å². The third-order valence-electron chi connectivity index (χ3n) is 3.70. The van der Waals surface area contributed by atoms with E-state index in [1.165, 1.54) is 6.07 Å². The molecule has 0 atom stereocenters. The second-order valence-corrected chi connectivity index (χ2v) is 5.19. The molecule has 1 aliphatic rings. The summed E-state index contributed by atoms with van der Waals surface area (Å²) in [5.41, 5.74) is 2.61. The van der Waals surface area contributed by atoms with Crippen LogP contribution in [-0.2, 0) is 11.2 Å². The highest BCUT2D eigenvalue weighted by molar-refractivity contribution is 6.10. The molecule has 1 heterocycles. The van der Waals surface area contributed by atoms with Crippen LogP contribution in [0.15, 0.2) is 36.4 Å². The van der Waals surface area contributed by atoms with E-state index in [4.69, 9.17) is 0 Å². The van der Waals surface area contributed by atoms with Crippen LogP contribution in [0.5, 0.6) is 0 Å². The van der Waals surface area contributed by atoms with E-state index in [0.29, 0.717) is 24.0 Å². The van der Waals surface area contributed by atoms with Crippen LogP contribution in [0.1, 0.15) is 33.5 Å². The molecular formula is C17H14FNO2. The van der Waals surface area contributed by atoms with Gasteiger partial charge in [-0.25, -0.2) is 4.39 Å². The highest BCUT2D eigenvalue weighted by atomic mass is 19.1. The Morgan fingerprint density at radius 1 is 1.19 bits per heavy atom. The van der Waals surface area contributed by atoms with Gasteiger partial charge in [-0.05, 0) is 48.7 Å². The van der Waals surface area contributed by atoms with Crippen molar-refractivity contribution in [3.63, 3.8) is 0 Å². The van der Waals surface area contributed by atoms with Gasteiger partial charge in [0.15, 0.2) is 5.78 Å². The van der Waals surface area contributed by atoms with E-state index in [1.807, 2.05) is 0 Å². The summed E-state index contributed by atoms with van der Waals surface area (Å²) in [4.78, 5) is 23.8. The number of carbonyl (C=O) groups excluding carboxylic acids is 2. The normalized spacial score (nSPS) is 13.5. The molecule has 0 aliphatic carbocycles. The average molecular weight is 283 g/mol. The van der Waals surface area contributed by atoms with Crippen molar-refractivity contribution < 1.29 is 14.0 Å². The van der Waals surface area contributed by atoms with E-state index >= 15 is 0 Å². The van der Waals surface area contributed by atoms with Crippen LogP contribution in [0.2, 0.25) is 0 Å². The molecule has 2 aromatic rings. The molecule has 0 saturated heterocycles. The maximum Gasteiger partial charge on any atom is 0.224 e. The Morgan fingerprint density at radius 2 is 2.00 bits per heavy atom. The third-order valence-corrected chi connectivity index (χ3v) is 3.70. The third kappa shape index (κ3) is 2.44. The average Bonchev–Trinajstić information content (AvgIpc) is 2.49. The zero-order valence-corrected chi connectivity index (χ0v) is 11.6. The molecule has 0 unspecified atom stereocenters. The van der Waals surface area contributed by atoms with E-state index < -0.39 is 5.82 Å².